The van der Waals surface area contributed by atoms with E-state index in [1.165, 1.54) is 13.2 Å². The number of ether oxygens (including phenoxy) is 2. The quantitative estimate of drug-likeness (QED) is 0.439. The zero-order valence-electron chi connectivity index (χ0n) is 12.6. The number of carbonyl (C=O) groups excluding carboxylic acids is 1. The number of hydrogen-bond donors (Lipinski definition) is 0. The second-order valence-corrected chi connectivity index (χ2v) is 5.47. The molecule has 1 aliphatic heterocycles. The van der Waals surface area contributed by atoms with Gasteiger partial charge in [0.15, 0.2) is 6.79 Å². The normalized spacial score (nSPS) is 18.1. The van der Waals surface area contributed by atoms with Crippen molar-refractivity contribution in [1.29, 1.82) is 0 Å². The van der Waals surface area contributed by atoms with Crippen molar-refractivity contribution in [2.24, 2.45) is 0 Å². The minimum absolute atomic E-state index is 0.0176. The molecule has 0 radical (unpaired) electrons. The summed E-state index contributed by atoms with van der Waals surface area (Å²) in [5.74, 6) is -3.05. The first-order chi connectivity index (χ1) is 11.3. The van der Waals surface area contributed by atoms with Crippen LogP contribution in [0.2, 0.25) is 0 Å². The molecule has 1 atom stereocenters. The second kappa shape index (κ2) is 7.85. The van der Waals surface area contributed by atoms with E-state index in [-0.39, 0.29) is 24.7 Å². The zero-order chi connectivity index (χ0) is 17.9. The van der Waals surface area contributed by atoms with Gasteiger partial charge in [-0.25, -0.2) is 17.6 Å². The van der Waals surface area contributed by atoms with E-state index in [9.17, 15) is 22.4 Å². The molecule has 9 heteroatoms. The number of methoxy groups -OCH3 is 1. The van der Waals surface area contributed by atoms with E-state index in [0.29, 0.717) is 4.90 Å². The minimum atomic E-state index is -2.88. The molecule has 2 rings (SSSR count). The van der Waals surface area contributed by atoms with Gasteiger partial charge in [-0.05, 0) is 6.42 Å². The molecule has 1 amide bonds. The van der Waals surface area contributed by atoms with E-state index in [4.69, 9.17) is 16.3 Å². The number of halogens is 5. The van der Waals surface area contributed by atoms with Gasteiger partial charge in [-0.3, -0.25) is 4.79 Å². The average Bonchev–Trinajstić information content (AvgIpc) is 2.51. The van der Waals surface area contributed by atoms with Crippen LogP contribution in [0.5, 0.6) is 5.75 Å². The predicted molar refractivity (Wildman–Crippen MR) is 78.8 cm³/mol. The lowest BCUT2D eigenvalue weighted by Crippen LogP contribution is -2.41. The molecule has 0 fully saturated rings. The first-order valence-electron chi connectivity index (χ1n) is 6.90. The third-order valence-corrected chi connectivity index (χ3v) is 3.64. The molecule has 0 bridgehead atoms. The van der Waals surface area contributed by atoms with Crippen molar-refractivity contribution in [3.63, 3.8) is 0 Å². The molecule has 24 heavy (non-hydrogen) atoms. The van der Waals surface area contributed by atoms with Crippen molar-refractivity contribution in [1.82, 2.24) is 4.90 Å². The highest BCUT2D eigenvalue weighted by molar-refractivity contribution is 6.31. The van der Waals surface area contributed by atoms with E-state index in [1.54, 1.807) is 0 Å². The Labute approximate surface area is 140 Å². The zero-order valence-corrected chi connectivity index (χ0v) is 13.3. The maximum atomic E-state index is 14.3. The minimum Gasteiger partial charge on any atom is -0.467 e. The third-order valence-electron chi connectivity index (χ3n) is 3.28. The fourth-order valence-corrected chi connectivity index (χ4v) is 2.49. The molecule has 1 aliphatic rings. The van der Waals surface area contributed by atoms with Crippen molar-refractivity contribution in [3.05, 3.63) is 35.4 Å². The average molecular weight is 368 g/mol. The van der Waals surface area contributed by atoms with E-state index < -0.39 is 41.5 Å². The van der Waals surface area contributed by atoms with E-state index in [1.807, 2.05) is 0 Å². The van der Waals surface area contributed by atoms with Crippen LogP contribution < -0.4 is 4.74 Å². The molecule has 1 unspecified atom stereocenters. The Hall–Kier alpha value is -1.80. The highest BCUT2D eigenvalue weighted by atomic mass is 35.5. The van der Waals surface area contributed by atoms with Gasteiger partial charge >= 0.3 is 0 Å². The van der Waals surface area contributed by atoms with E-state index in [0.717, 1.165) is 12.1 Å². The van der Waals surface area contributed by atoms with Gasteiger partial charge in [0.05, 0.1) is 17.8 Å². The third kappa shape index (κ3) is 3.99. The van der Waals surface area contributed by atoms with Crippen molar-refractivity contribution in [3.8, 4) is 5.75 Å². The van der Waals surface area contributed by atoms with Crippen molar-refractivity contribution in [2.75, 3.05) is 20.4 Å². The molecule has 0 N–H and O–H groups in total. The van der Waals surface area contributed by atoms with Gasteiger partial charge in [-0.1, -0.05) is 6.08 Å². The van der Waals surface area contributed by atoms with Gasteiger partial charge < -0.3 is 14.4 Å². The van der Waals surface area contributed by atoms with Gasteiger partial charge in [-0.2, -0.15) is 0 Å². The maximum Gasteiger partial charge on any atom is 0.256 e. The molecule has 4 nitrogen and oxygen atoms in total. The van der Waals surface area contributed by atoms with Gasteiger partial charge in [0.25, 0.3) is 6.43 Å². The van der Waals surface area contributed by atoms with E-state index in [2.05, 4.69) is 4.74 Å². The molecular formula is C15H14ClF4NO3. The summed E-state index contributed by atoms with van der Waals surface area (Å²) in [6, 6.07) is 1.77. The largest absolute Gasteiger partial charge is 0.467 e. The molecule has 1 heterocycles. The highest BCUT2D eigenvalue weighted by Crippen LogP contribution is 2.33. The van der Waals surface area contributed by atoms with Gasteiger partial charge in [0.1, 0.15) is 22.8 Å². The van der Waals surface area contributed by atoms with Crippen LogP contribution in [-0.4, -0.2) is 43.1 Å². The Morgan fingerprint density at radius 3 is 2.50 bits per heavy atom. The van der Waals surface area contributed by atoms with E-state index >= 15 is 0 Å². The molecule has 0 spiro atoms. The van der Waals surface area contributed by atoms with Crippen LogP contribution in [0.4, 0.5) is 17.6 Å². The molecule has 132 valence electrons. The summed E-state index contributed by atoms with van der Waals surface area (Å²) in [5, 5.41) is -1.05. The predicted octanol–water partition coefficient (Wildman–Crippen LogP) is 3.39. The summed E-state index contributed by atoms with van der Waals surface area (Å²) >= 11 is 5.76. The molecule has 0 saturated carbocycles. The standard InChI is InChI=1S/C15H14ClF4NO3/c1-23-7-24-8-4-10(17)14(11(18)5-8)12-3-2-9(16)15(22)21(12)6-13(19)20/h3-5,9,13H,2,6-7H2,1H3. The lowest BCUT2D eigenvalue weighted by atomic mass is 10.0. The summed E-state index contributed by atoms with van der Waals surface area (Å²) in [7, 11) is 1.34. The van der Waals surface area contributed by atoms with Gasteiger partial charge in [0, 0.05) is 19.2 Å². The van der Waals surface area contributed by atoms with Crippen molar-refractivity contribution in [2.45, 2.75) is 18.2 Å². The summed E-state index contributed by atoms with van der Waals surface area (Å²) in [6.07, 6.45) is -1.63. The Balaban J connectivity index is 2.42. The topological polar surface area (TPSA) is 38.8 Å². The van der Waals surface area contributed by atoms with Gasteiger partial charge in [-0.15, -0.1) is 11.6 Å². The first-order valence-corrected chi connectivity index (χ1v) is 7.33. The maximum absolute atomic E-state index is 14.3. The SMILES string of the molecule is COCOc1cc(F)c(C2=CCC(Cl)C(=O)N2CC(F)F)c(F)c1. The Bertz CT molecular complexity index is 631. The fourth-order valence-electron chi connectivity index (χ4n) is 2.28. The molecule has 0 aliphatic carbocycles. The number of carbonyl (C=O) groups is 1. The molecule has 0 saturated heterocycles. The number of alkyl halides is 3. The van der Waals surface area contributed by atoms with Crippen LogP contribution in [-0.2, 0) is 9.53 Å². The molecule has 1 aromatic carbocycles. The number of benzene rings is 1. The summed E-state index contributed by atoms with van der Waals surface area (Å²) in [4.78, 5) is 12.6. The Morgan fingerprint density at radius 1 is 1.33 bits per heavy atom. The highest BCUT2D eigenvalue weighted by Gasteiger charge is 2.34. The van der Waals surface area contributed by atoms with Gasteiger partial charge in [0.2, 0.25) is 5.91 Å². The smallest absolute Gasteiger partial charge is 0.256 e. The summed E-state index contributed by atoms with van der Waals surface area (Å²) in [6.45, 7) is -1.22. The van der Waals surface area contributed by atoms with Crippen LogP contribution in [0, 0.1) is 11.6 Å². The lowest BCUT2D eigenvalue weighted by molar-refractivity contribution is -0.129. The monoisotopic (exact) mass is 367 g/mol. The number of hydrogen-bond acceptors (Lipinski definition) is 3. The molecular weight excluding hydrogens is 354 g/mol. The van der Waals surface area contributed by atoms with Crippen molar-refractivity contribution >= 4 is 23.2 Å². The number of rotatable bonds is 6. The number of allylic oxidation sites excluding steroid dienone is 1. The van der Waals surface area contributed by atoms with Crippen molar-refractivity contribution < 1.29 is 31.8 Å². The Morgan fingerprint density at radius 2 is 1.96 bits per heavy atom. The van der Waals surface area contributed by atoms with Crippen LogP contribution in [0.3, 0.4) is 0 Å². The summed E-state index contributed by atoms with van der Waals surface area (Å²) in [5.41, 5.74) is -0.858. The first kappa shape index (κ1) is 18.5. The fraction of sp³-hybridized carbons (Fsp3) is 0.400. The van der Waals surface area contributed by atoms with Crippen LogP contribution >= 0.6 is 11.6 Å². The van der Waals surface area contributed by atoms with Crippen LogP contribution in [0.25, 0.3) is 5.70 Å². The Kier molecular flexibility index (Phi) is 6.06. The molecule has 1 aromatic rings. The van der Waals surface area contributed by atoms with Crippen LogP contribution in [0.1, 0.15) is 12.0 Å². The number of amides is 1. The molecule has 0 aromatic heterocycles. The van der Waals surface area contributed by atoms with Crippen LogP contribution in [0.15, 0.2) is 18.2 Å². The second-order valence-electron chi connectivity index (χ2n) is 4.95. The number of nitrogens with zero attached hydrogens (tertiary/aromatic N) is 1. The lowest BCUT2D eigenvalue weighted by Gasteiger charge is -2.31. The summed E-state index contributed by atoms with van der Waals surface area (Å²) < 4.78 is 63.6.